The molecule has 0 aromatic heterocycles. The van der Waals surface area contributed by atoms with Gasteiger partial charge in [0.2, 0.25) is 0 Å². The third-order valence-electron chi connectivity index (χ3n) is 2.10. The smallest absolute Gasteiger partial charge is 0.315 e. The SMILES string of the molecule is CC(C)[C@@H](NC(=O)C(F)F)C(C)(C)C. The number of nitrogens with one attached hydrogen (secondary N) is 1. The first kappa shape index (κ1) is 13.3. The van der Waals surface area contributed by atoms with Crippen molar-refractivity contribution in [1.82, 2.24) is 5.32 Å². The van der Waals surface area contributed by atoms with Crippen LogP contribution in [0.5, 0.6) is 0 Å². The zero-order valence-electron chi connectivity index (χ0n) is 9.40. The van der Waals surface area contributed by atoms with Gasteiger partial charge in [0.25, 0.3) is 5.91 Å². The van der Waals surface area contributed by atoms with Crippen molar-refractivity contribution in [3.63, 3.8) is 0 Å². The Kier molecular flexibility index (Phi) is 4.49. The molecule has 0 unspecified atom stereocenters. The number of hydrogen-bond acceptors (Lipinski definition) is 1. The fourth-order valence-corrected chi connectivity index (χ4v) is 1.60. The molecule has 1 atom stereocenters. The molecule has 14 heavy (non-hydrogen) atoms. The molecule has 0 spiro atoms. The molecule has 0 fully saturated rings. The number of amides is 1. The van der Waals surface area contributed by atoms with Gasteiger partial charge in [-0.05, 0) is 11.3 Å². The number of rotatable bonds is 3. The van der Waals surface area contributed by atoms with Crippen LogP contribution in [0, 0.1) is 11.3 Å². The Bertz CT molecular complexity index is 197. The van der Waals surface area contributed by atoms with Gasteiger partial charge < -0.3 is 5.32 Å². The van der Waals surface area contributed by atoms with Crippen LogP contribution in [-0.4, -0.2) is 18.4 Å². The summed E-state index contributed by atoms with van der Waals surface area (Å²) in [6.45, 7) is 9.57. The van der Waals surface area contributed by atoms with E-state index < -0.39 is 12.3 Å². The highest BCUT2D eigenvalue weighted by molar-refractivity contribution is 5.79. The zero-order valence-corrected chi connectivity index (χ0v) is 9.40. The van der Waals surface area contributed by atoms with Gasteiger partial charge in [-0.15, -0.1) is 0 Å². The van der Waals surface area contributed by atoms with Crippen LogP contribution in [0.3, 0.4) is 0 Å². The standard InChI is InChI=1S/C10H19F2NO/c1-6(2)7(10(3,4)5)13-9(14)8(11)12/h6-8H,1-5H3,(H,13,14)/t7-/m1/s1. The molecule has 4 heteroatoms. The molecular weight excluding hydrogens is 188 g/mol. The van der Waals surface area contributed by atoms with Gasteiger partial charge in [0.15, 0.2) is 0 Å². The molecule has 1 N–H and O–H groups in total. The van der Waals surface area contributed by atoms with Gasteiger partial charge in [-0.2, -0.15) is 8.78 Å². The lowest BCUT2D eigenvalue weighted by Crippen LogP contribution is -2.48. The molecule has 0 saturated carbocycles. The molecule has 1 amide bonds. The van der Waals surface area contributed by atoms with E-state index in [2.05, 4.69) is 5.32 Å². The fraction of sp³-hybridized carbons (Fsp3) is 0.900. The first-order valence-corrected chi connectivity index (χ1v) is 4.74. The van der Waals surface area contributed by atoms with Gasteiger partial charge in [0.05, 0.1) is 0 Å². The summed E-state index contributed by atoms with van der Waals surface area (Å²) in [6.07, 6.45) is -2.93. The third kappa shape index (κ3) is 4.03. The maximum atomic E-state index is 12.0. The van der Waals surface area contributed by atoms with Crippen molar-refractivity contribution in [3.8, 4) is 0 Å². The van der Waals surface area contributed by atoms with Gasteiger partial charge in [0, 0.05) is 6.04 Å². The third-order valence-corrected chi connectivity index (χ3v) is 2.10. The average molecular weight is 207 g/mol. The van der Waals surface area contributed by atoms with E-state index in [1.54, 1.807) is 0 Å². The van der Waals surface area contributed by atoms with E-state index in [9.17, 15) is 13.6 Å². The van der Waals surface area contributed by atoms with Crippen molar-refractivity contribution in [2.24, 2.45) is 11.3 Å². The number of carbonyl (C=O) groups excluding carboxylic acids is 1. The van der Waals surface area contributed by atoms with Crippen molar-refractivity contribution < 1.29 is 13.6 Å². The molecule has 0 aromatic rings. The minimum atomic E-state index is -2.93. The van der Waals surface area contributed by atoms with E-state index in [4.69, 9.17) is 0 Å². The molecule has 0 aliphatic heterocycles. The molecule has 0 aliphatic rings. The minimum Gasteiger partial charge on any atom is -0.348 e. The normalized spacial score (nSPS) is 14.6. The summed E-state index contributed by atoms with van der Waals surface area (Å²) in [5.41, 5.74) is -0.210. The van der Waals surface area contributed by atoms with Gasteiger partial charge >= 0.3 is 6.43 Å². The second-order valence-electron chi connectivity index (χ2n) is 4.90. The summed E-state index contributed by atoms with van der Waals surface area (Å²) in [5.74, 6) is -1.05. The molecular formula is C10H19F2NO. The van der Waals surface area contributed by atoms with E-state index in [1.807, 2.05) is 34.6 Å². The Labute approximate surface area is 84.1 Å². The summed E-state index contributed by atoms with van der Waals surface area (Å²) in [4.78, 5) is 10.8. The number of carbonyl (C=O) groups is 1. The fourth-order valence-electron chi connectivity index (χ4n) is 1.60. The van der Waals surface area contributed by atoms with Gasteiger partial charge in [0.1, 0.15) is 0 Å². The van der Waals surface area contributed by atoms with E-state index >= 15 is 0 Å². The Morgan fingerprint density at radius 3 is 1.86 bits per heavy atom. The summed E-state index contributed by atoms with van der Waals surface area (Å²) in [6, 6.07) is -0.232. The van der Waals surface area contributed by atoms with Gasteiger partial charge in [-0.1, -0.05) is 34.6 Å². The zero-order chi connectivity index (χ0) is 11.5. The highest BCUT2D eigenvalue weighted by Crippen LogP contribution is 2.25. The van der Waals surface area contributed by atoms with Gasteiger partial charge in [-0.25, -0.2) is 0 Å². The molecule has 0 radical (unpaired) electrons. The Balaban J connectivity index is 4.48. The molecule has 0 aromatic carbocycles. The van der Waals surface area contributed by atoms with Gasteiger partial charge in [-0.3, -0.25) is 4.79 Å². The number of hydrogen-bond donors (Lipinski definition) is 1. The summed E-state index contributed by atoms with van der Waals surface area (Å²) in [7, 11) is 0. The first-order chi connectivity index (χ1) is 6.16. The van der Waals surface area contributed by atoms with Crippen molar-refractivity contribution >= 4 is 5.91 Å². The average Bonchev–Trinajstić information content (AvgIpc) is 1.96. The number of alkyl halides is 2. The predicted octanol–water partition coefficient (Wildman–Crippen LogP) is 2.44. The summed E-state index contributed by atoms with van der Waals surface area (Å²) >= 11 is 0. The second kappa shape index (κ2) is 4.71. The lowest BCUT2D eigenvalue weighted by Gasteiger charge is -2.34. The molecule has 0 heterocycles. The maximum absolute atomic E-state index is 12.0. The van der Waals surface area contributed by atoms with Crippen LogP contribution in [0.4, 0.5) is 8.78 Å². The van der Waals surface area contributed by atoms with Crippen LogP contribution in [-0.2, 0) is 4.79 Å². The summed E-state index contributed by atoms with van der Waals surface area (Å²) < 4.78 is 24.1. The van der Waals surface area contributed by atoms with Crippen LogP contribution >= 0.6 is 0 Å². The van der Waals surface area contributed by atoms with Crippen molar-refractivity contribution in [2.45, 2.75) is 47.1 Å². The monoisotopic (exact) mass is 207 g/mol. The highest BCUT2D eigenvalue weighted by atomic mass is 19.3. The van der Waals surface area contributed by atoms with Crippen LogP contribution in [0.25, 0.3) is 0 Å². The Morgan fingerprint density at radius 1 is 1.21 bits per heavy atom. The van der Waals surface area contributed by atoms with Crippen molar-refractivity contribution in [2.75, 3.05) is 0 Å². The molecule has 2 nitrogen and oxygen atoms in total. The molecule has 0 aliphatic carbocycles. The molecule has 0 bridgehead atoms. The largest absolute Gasteiger partial charge is 0.348 e. The lowest BCUT2D eigenvalue weighted by molar-refractivity contribution is -0.133. The second-order valence-corrected chi connectivity index (χ2v) is 4.90. The van der Waals surface area contributed by atoms with Crippen LogP contribution in [0.15, 0.2) is 0 Å². The summed E-state index contributed by atoms with van der Waals surface area (Å²) in [5, 5.41) is 2.37. The van der Waals surface area contributed by atoms with Crippen molar-refractivity contribution in [1.29, 1.82) is 0 Å². The van der Waals surface area contributed by atoms with Crippen LogP contribution < -0.4 is 5.32 Å². The molecule has 84 valence electrons. The highest BCUT2D eigenvalue weighted by Gasteiger charge is 2.30. The predicted molar refractivity (Wildman–Crippen MR) is 52.2 cm³/mol. The van der Waals surface area contributed by atoms with Crippen LogP contribution in [0.1, 0.15) is 34.6 Å². The topological polar surface area (TPSA) is 29.1 Å². The first-order valence-electron chi connectivity index (χ1n) is 4.74. The quantitative estimate of drug-likeness (QED) is 0.756. The van der Waals surface area contributed by atoms with E-state index in [-0.39, 0.29) is 17.4 Å². The Morgan fingerprint density at radius 2 is 1.64 bits per heavy atom. The van der Waals surface area contributed by atoms with E-state index in [1.165, 1.54) is 0 Å². The molecule has 0 saturated heterocycles. The number of halogens is 2. The lowest BCUT2D eigenvalue weighted by atomic mass is 9.80. The van der Waals surface area contributed by atoms with E-state index in [0.29, 0.717) is 0 Å². The molecule has 0 rings (SSSR count). The van der Waals surface area contributed by atoms with Crippen molar-refractivity contribution in [3.05, 3.63) is 0 Å². The van der Waals surface area contributed by atoms with E-state index in [0.717, 1.165) is 0 Å². The minimum absolute atomic E-state index is 0.137. The maximum Gasteiger partial charge on any atom is 0.315 e. The van der Waals surface area contributed by atoms with Crippen LogP contribution in [0.2, 0.25) is 0 Å². The Hall–Kier alpha value is -0.670.